The van der Waals surface area contributed by atoms with Crippen molar-refractivity contribution in [3.8, 4) is 0 Å². The zero-order chi connectivity index (χ0) is 17.3. The van der Waals surface area contributed by atoms with Gasteiger partial charge >= 0.3 is 0 Å². The molecule has 24 heavy (non-hydrogen) atoms. The smallest absolute Gasteiger partial charge is 0.224 e. The van der Waals surface area contributed by atoms with Crippen molar-refractivity contribution in [1.82, 2.24) is 5.32 Å². The molecule has 3 fully saturated rings. The number of nitrogens with one attached hydrogen (secondary N) is 1. The van der Waals surface area contributed by atoms with Crippen LogP contribution in [0, 0.1) is 34.5 Å². The van der Waals surface area contributed by atoms with Gasteiger partial charge < -0.3 is 10.4 Å². The molecule has 2 N–H and O–H groups in total. The van der Waals surface area contributed by atoms with Crippen molar-refractivity contribution < 1.29 is 14.7 Å². The number of amides is 1. The van der Waals surface area contributed by atoms with E-state index in [2.05, 4.69) is 25.2 Å². The third-order valence-corrected chi connectivity index (χ3v) is 8.03. The van der Waals surface area contributed by atoms with E-state index < -0.39 is 0 Å². The Kier molecular flexibility index (Phi) is 3.51. The van der Waals surface area contributed by atoms with E-state index in [1.807, 2.05) is 0 Å². The van der Waals surface area contributed by atoms with Gasteiger partial charge in [0.25, 0.3) is 0 Å². The Bertz CT molecular complexity index is 626. The number of fused-ring (bicyclic) bond motifs is 5. The average Bonchev–Trinajstić information content (AvgIpc) is 2.84. The highest BCUT2D eigenvalue weighted by Crippen LogP contribution is 2.65. The van der Waals surface area contributed by atoms with Gasteiger partial charge in [0.05, 0.1) is 6.10 Å². The van der Waals surface area contributed by atoms with Crippen LogP contribution in [-0.4, -0.2) is 22.9 Å². The molecular weight excluding hydrogens is 302 g/mol. The van der Waals surface area contributed by atoms with Crippen LogP contribution in [0.3, 0.4) is 0 Å². The van der Waals surface area contributed by atoms with Gasteiger partial charge in [-0.25, -0.2) is 0 Å². The molecular formula is C20H29NO3. The van der Waals surface area contributed by atoms with Gasteiger partial charge in [0.15, 0.2) is 0 Å². The van der Waals surface area contributed by atoms with Crippen LogP contribution < -0.4 is 5.32 Å². The summed E-state index contributed by atoms with van der Waals surface area (Å²) < 4.78 is 0. The van der Waals surface area contributed by atoms with Gasteiger partial charge in [-0.3, -0.25) is 9.59 Å². The third-order valence-electron chi connectivity index (χ3n) is 8.03. The van der Waals surface area contributed by atoms with Crippen LogP contribution in [0.25, 0.3) is 0 Å². The summed E-state index contributed by atoms with van der Waals surface area (Å²) in [7, 11) is 0. The van der Waals surface area contributed by atoms with Crippen LogP contribution in [0.2, 0.25) is 0 Å². The van der Waals surface area contributed by atoms with Crippen molar-refractivity contribution in [3.05, 3.63) is 11.8 Å². The first-order valence-corrected chi connectivity index (χ1v) is 9.46. The summed E-state index contributed by atoms with van der Waals surface area (Å²) in [6, 6.07) is 0. The van der Waals surface area contributed by atoms with Gasteiger partial charge in [-0.15, -0.1) is 0 Å². The lowest BCUT2D eigenvalue weighted by molar-refractivity contribution is -0.143. The SMILES string of the molecule is CC(=O)[C@H]1CCC2C3CC=C4NC(=O)CC[C@]4(C)C3[C@@H](O)C[C@@]21C. The molecule has 132 valence electrons. The molecule has 0 spiro atoms. The molecule has 1 amide bonds. The molecule has 1 saturated heterocycles. The van der Waals surface area contributed by atoms with E-state index in [0.29, 0.717) is 18.3 Å². The quantitative estimate of drug-likeness (QED) is 0.776. The molecule has 1 heterocycles. The molecule has 3 aliphatic carbocycles. The fraction of sp³-hybridized carbons (Fsp3) is 0.800. The second-order valence-corrected chi connectivity index (χ2v) is 9.13. The van der Waals surface area contributed by atoms with Crippen LogP contribution in [0.15, 0.2) is 11.8 Å². The monoisotopic (exact) mass is 331 g/mol. The summed E-state index contributed by atoms with van der Waals surface area (Å²) in [4.78, 5) is 24.0. The Labute approximate surface area is 144 Å². The number of piperidine rings is 1. The highest BCUT2D eigenvalue weighted by molar-refractivity contribution is 5.80. The second kappa shape index (κ2) is 5.17. The number of carbonyl (C=O) groups is 2. The Morgan fingerprint density at radius 3 is 2.79 bits per heavy atom. The van der Waals surface area contributed by atoms with Gasteiger partial charge in [-0.2, -0.15) is 0 Å². The highest BCUT2D eigenvalue weighted by Gasteiger charge is 2.62. The van der Waals surface area contributed by atoms with E-state index in [1.54, 1.807) is 6.92 Å². The summed E-state index contributed by atoms with van der Waals surface area (Å²) >= 11 is 0. The fourth-order valence-electron chi connectivity index (χ4n) is 7.00. The number of hydrogen-bond donors (Lipinski definition) is 2. The van der Waals surface area contributed by atoms with Crippen LogP contribution in [-0.2, 0) is 9.59 Å². The van der Waals surface area contributed by atoms with Crippen molar-refractivity contribution in [2.45, 2.75) is 65.4 Å². The Balaban J connectivity index is 1.73. The predicted molar refractivity (Wildman–Crippen MR) is 90.8 cm³/mol. The number of hydrogen-bond acceptors (Lipinski definition) is 3. The standard InChI is InChI=1S/C20H29NO3/c1-11(22)13-5-6-14-12-4-7-16-19(2,9-8-17(24)21-16)18(12)15(23)10-20(13,14)3/h7,12-15,18,23H,4-6,8-10H2,1-3H3,(H,21,24)/t12?,13-,14?,15+,18?,19+,20-/m1/s1. The van der Waals surface area contributed by atoms with E-state index in [1.165, 1.54) is 0 Å². The van der Waals surface area contributed by atoms with Crippen molar-refractivity contribution in [3.63, 3.8) is 0 Å². The molecule has 4 nitrogen and oxygen atoms in total. The largest absolute Gasteiger partial charge is 0.393 e. The van der Waals surface area contributed by atoms with E-state index in [-0.39, 0.29) is 40.5 Å². The Hall–Kier alpha value is -1.16. The number of carbonyl (C=O) groups excluding carboxylic acids is 2. The number of Topliss-reactive ketones (excluding diaryl/α,β-unsaturated/α-hetero) is 1. The molecule has 4 rings (SSSR count). The molecule has 0 radical (unpaired) electrons. The normalized spacial score (nSPS) is 50.2. The van der Waals surface area contributed by atoms with Crippen LogP contribution in [0.5, 0.6) is 0 Å². The Morgan fingerprint density at radius 1 is 1.33 bits per heavy atom. The van der Waals surface area contributed by atoms with E-state index in [9.17, 15) is 14.7 Å². The number of aliphatic hydroxyl groups is 1. The summed E-state index contributed by atoms with van der Waals surface area (Å²) in [5, 5.41) is 14.2. The summed E-state index contributed by atoms with van der Waals surface area (Å²) in [5.41, 5.74) is 0.835. The first kappa shape index (κ1) is 16.3. The van der Waals surface area contributed by atoms with Crippen molar-refractivity contribution >= 4 is 11.7 Å². The first-order chi connectivity index (χ1) is 11.3. The molecule has 4 aliphatic rings. The highest BCUT2D eigenvalue weighted by atomic mass is 16.3. The minimum atomic E-state index is -0.389. The van der Waals surface area contributed by atoms with Gasteiger partial charge in [0, 0.05) is 23.5 Å². The molecule has 7 atom stereocenters. The van der Waals surface area contributed by atoms with Crippen molar-refractivity contribution in [2.75, 3.05) is 0 Å². The molecule has 3 unspecified atom stereocenters. The zero-order valence-electron chi connectivity index (χ0n) is 15.0. The number of rotatable bonds is 1. The van der Waals surface area contributed by atoms with Crippen LogP contribution in [0.4, 0.5) is 0 Å². The lowest BCUT2D eigenvalue weighted by atomic mass is 9.48. The van der Waals surface area contributed by atoms with Crippen LogP contribution in [0.1, 0.15) is 59.3 Å². The predicted octanol–water partition coefficient (Wildman–Crippen LogP) is 2.81. The zero-order valence-corrected chi connectivity index (χ0v) is 15.0. The maximum Gasteiger partial charge on any atom is 0.224 e. The van der Waals surface area contributed by atoms with Gasteiger partial charge in [0.1, 0.15) is 5.78 Å². The van der Waals surface area contributed by atoms with E-state index in [0.717, 1.165) is 37.8 Å². The lowest BCUT2D eigenvalue weighted by Crippen LogP contribution is -2.58. The third kappa shape index (κ3) is 2.01. The van der Waals surface area contributed by atoms with Gasteiger partial charge in [0.2, 0.25) is 5.91 Å². The minimum Gasteiger partial charge on any atom is -0.393 e. The number of aliphatic hydroxyl groups excluding tert-OH is 1. The number of ketones is 1. The maximum atomic E-state index is 12.2. The minimum absolute atomic E-state index is 0.0635. The fourth-order valence-corrected chi connectivity index (χ4v) is 7.00. The first-order valence-electron chi connectivity index (χ1n) is 9.46. The van der Waals surface area contributed by atoms with Gasteiger partial charge in [-0.05, 0) is 62.2 Å². The molecule has 1 aliphatic heterocycles. The Morgan fingerprint density at radius 2 is 2.08 bits per heavy atom. The second-order valence-electron chi connectivity index (χ2n) is 9.13. The molecule has 2 saturated carbocycles. The number of allylic oxidation sites excluding steroid dienone is 2. The maximum absolute atomic E-state index is 12.2. The van der Waals surface area contributed by atoms with Crippen molar-refractivity contribution in [1.29, 1.82) is 0 Å². The summed E-state index contributed by atoms with van der Waals surface area (Å²) in [6.45, 7) is 6.17. The van der Waals surface area contributed by atoms with E-state index >= 15 is 0 Å². The molecule has 0 aromatic carbocycles. The van der Waals surface area contributed by atoms with Gasteiger partial charge in [-0.1, -0.05) is 19.9 Å². The molecule has 0 aromatic heterocycles. The molecule has 0 aromatic rings. The topological polar surface area (TPSA) is 66.4 Å². The lowest BCUT2D eigenvalue weighted by Gasteiger charge is -2.58. The summed E-state index contributed by atoms with van der Waals surface area (Å²) in [6.07, 6.45) is 6.89. The average molecular weight is 331 g/mol. The molecule has 0 bridgehead atoms. The van der Waals surface area contributed by atoms with E-state index in [4.69, 9.17) is 0 Å². The summed E-state index contributed by atoms with van der Waals surface area (Å²) in [5.74, 6) is 1.61. The van der Waals surface area contributed by atoms with Crippen molar-refractivity contribution in [2.24, 2.45) is 34.5 Å². The van der Waals surface area contributed by atoms with Crippen LogP contribution >= 0.6 is 0 Å². The molecule has 4 heteroatoms.